The average molecular weight is 463 g/mol. The molecule has 0 saturated carbocycles. The summed E-state index contributed by atoms with van der Waals surface area (Å²) in [5.74, 6) is -2.27. The standard InChI is InChI=1S/C20H18F3N3O.C2H2O4/c21-20(22,23)17-8-4-7-15(9-17)11-26-12-16(13-26)19-24-18(25-27-19)10-14-5-2-1-3-6-14;3-1(4)2(5)6/h1-9,16H,10-13H2;(H,3,4)(H,5,6). The normalized spacial score (nSPS) is 14.2. The van der Waals surface area contributed by atoms with Crippen molar-refractivity contribution in [1.82, 2.24) is 15.0 Å². The molecule has 0 amide bonds. The topological polar surface area (TPSA) is 117 Å². The molecule has 8 nitrogen and oxygen atoms in total. The van der Waals surface area contributed by atoms with E-state index in [9.17, 15) is 13.2 Å². The Bertz CT molecular complexity index is 1080. The Morgan fingerprint density at radius 1 is 1.00 bits per heavy atom. The molecule has 0 unspecified atom stereocenters. The van der Waals surface area contributed by atoms with Crippen molar-refractivity contribution in [2.75, 3.05) is 13.1 Å². The summed E-state index contributed by atoms with van der Waals surface area (Å²) in [6.45, 7) is 1.87. The first-order chi connectivity index (χ1) is 15.6. The summed E-state index contributed by atoms with van der Waals surface area (Å²) in [7, 11) is 0. The summed E-state index contributed by atoms with van der Waals surface area (Å²) in [5.41, 5.74) is 1.16. The molecular formula is C22H20F3N3O5. The van der Waals surface area contributed by atoms with E-state index in [4.69, 9.17) is 24.3 Å². The van der Waals surface area contributed by atoms with E-state index in [2.05, 4.69) is 15.0 Å². The quantitative estimate of drug-likeness (QED) is 0.553. The van der Waals surface area contributed by atoms with Crippen molar-refractivity contribution in [1.29, 1.82) is 0 Å². The number of nitrogens with zero attached hydrogens (tertiary/aromatic N) is 3. The molecule has 0 aliphatic carbocycles. The second-order valence-corrected chi connectivity index (χ2v) is 7.41. The predicted molar refractivity (Wildman–Crippen MR) is 108 cm³/mol. The van der Waals surface area contributed by atoms with Crippen molar-refractivity contribution in [2.45, 2.75) is 25.1 Å². The molecule has 1 aliphatic heterocycles. The zero-order valence-corrected chi connectivity index (χ0v) is 17.2. The lowest BCUT2D eigenvalue weighted by atomic mass is 9.98. The van der Waals surface area contributed by atoms with E-state index in [1.165, 1.54) is 12.1 Å². The third-order valence-electron chi connectivity index (χ3n) is 4.84. The highest BCUT2D eigenvalue weighted by Crippen LogP contribution is 2.31. The molecule has 1 saturated heterocycles. The Labute approximate surface area is 186 Å². The van der Waals surface area contributed by atoms with Crippen LogP contribution in [0.25, 0.3) is 0 Å². The van der Waals surface area contributed by atoms with Gasteiger partial charge in [-0.25, -0.2) is 9.59 Å². The molecule has 11 heteroatoms. The van der Waals surface area contributed by atoms with Gasteiger partial charge in [-0.05, 0) is 17.2 Å². The number of carboxylic acid groups (broad SMARTS) is 2. The van der Waals surface area contributed by atoms with Gasteiger partial charge < -0.3 is 14.7 Å². The summed E-state index contributed by atoms with van der Waals surface area (Å²) in [6.07, 6.45) is -3.70. The molecule has 1 fully saturated rings. The fraction of sp³-hybridized carbons (Fsp3) is 0.273. The molecule has 2 heterocycles. The average Bonchev–Trinajstić information content (AvgIpc) is 3.19. The molecule has 4 rings (SSSR count). The maximum atomic E-state index is 12.8. The van der Waals surface area contributed by atoms with E-state index < -0.39 is 23.7 Å². The molecule has 0 atom stereocenters. The van der Waals surface area contributed by atoms with E-state index in [1.54, 1.807) is 6.07 Å². The van der Waals surface area contributed by atoms with Gasteiger partial charge in [0.1, 0.15) is 0 Å². The fourth-order valence-electron chi connectivity index (χ4n) is 3.24. The zero-order chi connectivity index (χ0) is 24.0. The third kappa shape index (κ3) is 6.88. The predicted octanol–water partition coefficient (Wildman–Crippen LogP) is 3.43. The summed E-state index contributed by atoms with van der Waals surface area (Å²) >= 11 is 0. The first-order valence-electron chi connectivity index (χ1n) is 9.83. The molecule has 3 aromatic rings. The number of halogens is 3. The van der Waals surface area contributed by atoms with Crippen molar-refractivity contribution in [3.05, 3.63) is 83.0 Å². The van der Waals surface area contributed by atoms with Crippen molar-refractivity contribution in [3.8, 4) is 0 Å². The van der Waals surface area contributed by atoms with Crippen molar-refractivity contribution >= 4 is 11.9 Å². The van der Waals surface area contributed by atoms with Gasteiger partial charge >= 0.3 is 18.1 Å². The number of hydrogen-bond acceptors (Lipinski definition) is 6. The highest BCUT2D eigenvalue weighted by atomic mass is 19.4. The van der Waals surface area contributed by atoms with Crippen LogP contribution >= 0.6 is 0 Å². The third-order valence-corrected chi connectivity index (χ3v) is 4.84. The highest BCUT2D eigenvalue weighted by molar-refractivity contribution is 6.27. The Balaban J connectivity index is 0.000000454. The van der Waals surface area contributed by atoms with E-state index in [-0.39, 0.29) is 5.92 Å². The van der Waals surface area contributed by atoms with Crippen LogP contribution in [0.2, 0.25) is 0 Å². The lowest BCUT2D eigenvalue weighted by Gasteiger charge is -2.37. The second-order valence-electron chi connectivity index (χ2n) is 7.41. The van der Waals surface area contributed by atoms with Crippen LogP contribution in [0, 0.1) is 0 Å². The fourth-order valence-corrected chi connectivity index (χ4v) is 3.24. The Kier molecular flexibility index (Phi) is 7.44. The van der Waals surface area contributed by atoms with Crippen LogP contribution in [-0.2, 0) is 28.7 Å². The van der Waals surface area contributed by atoms with Crippen LogP contribution in [-0.4, -0.2) is 50.3 Å². The van der Waals surface area contributed by atoms with E-state index >= 15 is 0 Å². The van der Waals surface area contributed by atoms with E-state index in [0.29, 0.717) is 43.3 Å². The maximum absolute atomic E-state index is 12.8. The first kappa shape index (κ1) is 23.9. The number of likely N-dealkylation sites (tertiary alicyclic amines) is 1. The molecule has 1 aromatic heterocycles. The Hall–Kier alpha value is -3.73. The van der Waals surface area contributed by atoms with E-state index in [0.717, 1.165) is 11.6 Å². The molecule has 2 N–H and O–H groups in total. The number of hydrogen-bond donors (Lipinski definition) is 2. The van der Waals surface area contributed by atoms with Gasteiger partial charge in [-0.15, -0.1) is 0 Å². The smallest absolute Gasteiger partial charge is 0.416 e. The minimum absolute atomic E-state index is 0.132. The number of carbonyl (C=O) groups is 2. The highest BCUT2D eigenvalue weighted by Gasteiger charge is 2.34. The van der Waals surface area contributed by atoms with Crippen LogP contribution in [0.3, 0.4) is 0 Å². The van der Waals surface area contributed by atoms with Gasteiger partial charge in [0.05, 0.1) is 11.5 Å². The van der Waals surface area contributed by atoms with Crippen LogP contribution in [0.1, 0.15) is 34.3 Å². The molecular weight excluding hydrogens is 443 g/mol. The number of alkyl halides is 3. The Morgan fingerprint density at radius 2 is 1.64 bits per heavy atom. The van der Waals surface area contributed by atoms with Gasteiger partial charge in [-0.1, -0.05) is 53.7 Å². The van der Waals surface area contributed by atoms with Gasteiger partial charge in [0.25, 0.3) is 0 Å². The number of rotatable bonds is 5. The van der Waals surface area contributed by atoms with Crippen molar-refractivity contribution in [3.63, 3.8) is 0 Å². The van der Waals surface area contributed by atoms with Crippen LogP contribution in [0.15, 0.2) is 59.1 Å². The molecule has 1 aliphatic rings. The summed E-state index contributed by atoms with van der Waals surface area (Å²) in [5, 5.41) is 18.8. The van der Waals surface area contributed by atoms with Gasteiger partial charge in [0.2, 0.25) is 5.89 Å². The van der Waals surface area contributed by atoms with Gasteiger partial charge in [-0.3, -0.25) is 4.90 Å². The first-order valence-corrected chi connectivity index (χ1v) is 9.83. The lowest BCUT2D eigenvalue weighted by Crippen LogP contribution is -2.44. The van der Waals surface area contributed by atoms with Crippen molar-refractivity contribution in [2.24, 2.45) is 0 Å². The number of carboxylic acids is 2. The number of benzene rings is 2. The summed E-state index contributed by atoms with van der Waals surface area (Å²) in [6, 6.07) is 15.4. The molecule has 33 heavy (non-hydrogen) atoms. The molecule has 0 bridgehead atoms. The van der Waals surface area contributed by atoms with Gasteiger partial charge in [0, 0.05) is 26.1 Å². The summed E-state index contributed by atoms with van der Waals surface area (Å²) < 4.78 is 43.8. The number of aromatic nitrogens is 2. The minimum Gasteiger partial charge on any atom is -0.473 e. The SMILES string of the molecule is FC(F)(F)c1cccc(CN2CC(c3nc(Cc4ccccc4)no3)C2)c1.O=C(O)C(=O)O. The monoisotopic (exact) mass is 463 g/mol. The number of aliphatic carboxylic acids is 2. The molecule has 174 valence electrons. The molecule has 0 radical (unpaired) electrons. The molecule has 2 aromatic carbocycles. The second kappa shape index (κ2) is 10.3. The summed E-state index contributed by atoms with van der Waals surface area (Å²) in [4.78, 5) is 24.7. The van der Waals surface area contributed by atoms with Crippen LogP contribution in [0.4, 0.5) is 13.2 Å². The maximum Gasteiger partial charge on any atom is 0.416 e. The van der Waals surface area contributed by atoms with E-state index in [1.807, 2.05) is 30.3 Å². The van der Waals surface area contributed by atoms with Crippen molar-refractivity contribution < 1.29 is 37.5 Å². The Morgan fingerprint density at radius 3 is 2.24 bits per heavy atom. The van der Waals surface area contributed by atoms with Gasteiger partial charge in [-0.2, -0.15) is 18.2 Å². The largest absolute Gasteiger partial charge is 0.473 e. The lowest BCUT2D eigenvalue weighted by molar-refractivity contribution is -0.159. The van der Waals surface area contributed by atoms with Gasteiger partial charge in [0.15, 0.2) is 5.82 Å². The molecule has 0 spiro atoms. The minimum atomic E-state index is -4.31. The van der Waals surface area contributed by atoms with Crippen LogP contribution in [0.5, 0.6) is 0 Å². The van der Waals surface area contributed by atoms with Crippen LogP contribution < -0.4 is 0 Å². The zero-order valence-electron chi connectivity index (χ0n) is 17.2.